The van der Waals surface area contributed by atoms with E-state index in [0.717, 1.165) is 17.7 Å². The van der Waals surface area contributed by atoms with Crippen LogP contribution >= 0.6 is 0 Å². The quantitative estimate of drug-likeness (QED) is 0.564. The fourth-order valence-corrected chi connectivity index (χ4v) is 4.53. The number of carbonyl (C=O) groups is 2. The third-order valence-corrected chi connectivity index (χ3v) is 6.75. The average molecular weight is 476 g/mol. The van der Waals surface area contributed by atoms with Crippen molar-refractivity contribution < 1.29 is 19.1 Å². The van der Waals surface area contributed by atoms with E-state index in [1.165, 1.54) is 5.56 Å². The van der Waals surface area contributed by atoms with Gasteiger partial charge in [-0.25, -0.2) is 4.68 Å². The number of benzene rings is 2. The Morgan fingerprint density at radius 2 is 1.63 bits per heavy atom. The highest BCUT2D eigenvalue weighted by atomic mass is 16.5. The summed E-state index contributed by atoms with van der Waals surface area (Å²) in [4.78, 5) is 29.6. The van der Waals surface area contributed by atoms with E-state index in [-0.39, 0.29) is 24.5 Å². The van der Waals surface area contributed by atoms with Gasteiger partial charge in [-0.3, -0.25) is 9.59 Å². The van der Waals surface area contributed by atoms with Crippen LogP contribution in [0.4, 0.5) is 0 Å². The largest absolute Gasteiger partial charge is 0.497 e. The maximum absolute atomic E-state index is 13.2. The molecule has 0 aliphatic carbocycles. The number of piperazine rings is 1. The molecule has 1 unspecified atom stereocenters. The van der Waals surface area contributed by atoms with Crippen molar-refractivity contribution in [1.82, 2.24) is 24.8 Å². The predicted octanol–water partition coefficient (Wildman–Crippen LogP) is 2.72. The van der Waals surface area contributed by atoms with Crippen LogP contribution in [0.15, 0.2) is 48.5 Å². The second-order valence-electron chi connectivity index (χ2n) is 8.77. The minimum atomic E-state index is -0.169. The highest BCUT2D eigenvalue weighted by molar-refractivity contribution is 5.95. The molecule has 0 N–H and O–H groups in total. The zero-order chi connectivity index (χ0) is 24.4. The first-order valence-corrected chi connectivity index (χ1v) is 11.9. The molecule has 2 aliphatic rings. The lowest BCUT2D eigenvalue weighted by atomic mass is 10.1. The van der Waals surface area contributed by atoms with Crippen LogP contribution in [0, 0.1) is 0 Å². The minimum absolute atomic E-state index is 0.00115. The third kappa shape index (κ3) is 4.64. The number of carbonyl (C=O) groups excluding carboxylic acids is 2. The van der Waals surface area contributed by atoms with Crippen molar-refractivity contribution in [3.63, 3.8) is 0 Å². The summed E-state index contributed by atoms with van der Waals surface area (Å²) in [5, 5.41) is 8.42. The van der Waals surface area contributed by atoms with Gasteiger partial charge in [-0.1, -0.05) is 36.4 Å². The maximum atomic E-state index is 13.2. The number of ether oxygens (including phenoxy) is 2. The molecule has 0 spiro atoms. The van der Waals surface area contributed by atoms with Gasteiger partial charge in [0.25, 0.3) is 11.8 Å². The highest BCUT2D eigenvalue weighted by Gasteiger charge is 2.32. The van der Waals surface area contributed by atoms with Crippen LogP contribution in [-0.4, -0.2) is 69.9 Å². The molecule has 0 saturated carbocycles. The molecule has 1 aromatic heterocycles. The molecule has 2 aliphatic heterocycles. The predicted molar refractivity (Wildman–Crippen MR) is 128 cm³/mol. The second kappa shape index (κ2) is 9.87. The number of hydrogen-bond acceptors (Lipinski definition) is 6. The lowest BCUT2D eigenvalue weighted by Gasteiger charge is -2.34. The summed E-state index contributed by atoms with van der Waals surface area (Å²) in [5.41, 5.74) is 3.92. The van der Waals surface area contributed by atoms with Crippen LogP contribution in [0.5, 0.6) is 5.75 Å². The molecular formula is C26H29N5O4. The van der Waals surface area contributed by atoms with Crippen molar-refractivity contribution >= 4 is 11.8 Å². The Kier molecular flexibility index (Phi) is 6.50. The molecule has 0 radical (unpaired) electrons. The molecule has 9 heteroatoms. The monoisotopic (exact) mass is 475 g/mol. The van der Waals surface area contributed by atoms with E-state index in [0.29, 0.717) is 49.7 Å². The van der Waals surface area contributed by atoms with Gasteiger partial charge in [0.1, 0.15) is 11.9 Å². The van der Waals surface area contributed by atoms with Crippen molar-refractivity contribution in [2.45, 2.75) is 32.6 Å². The van der Waals surface area contributed by atoms with Crippen molar-refractivity contribution in [3.8, 4) is 5.75 Å². The molecule has 1 fully saturated rings. The summed E-state index contributed by atoms with van der Waals surface area (Å²) in [5.74, 6) is 0.617. The Hall–Kier alpha value is -3.72. The molecule has 9 nitrogen and oxygen atoms in total. The maximum Gasteiger partial charge on any atom is 0.276 e. The number of nitrogens with zero attached hydrogens (tertiary/aromatic N) is 5. The average Bonchev–Trinajstić information content (AvgIpc) is 3.36. The lowest BCUT2D eigenvalue weighted by Crippen LogP contribution is -2.50. The fourth-order valence-electron chi connectivity index (χ4n) is 4.53. The highest BCUT2D eigenvalue weighted by Crippen LogP contribution is 2.28. The van der Waals surface area contributed by atoms with Crippen molar-refractivity contribution in [2.24, 2.45) is 0 Å². The number of methoxy groups -OCH3 is 1. The summed E-state index contributed by atoms with van der Waals surface area (Å²) < 4.78 is 13.0. The topological polar surface area (TPSA) is 89.8 Å². The summed E-state index contributed by atoms with van der Waals surface area (Å²) in [6.07, 6.45) is 0.772. The first-order valence-electron chi connectivity index (χ1n) is 11.9. The SMILES string of the molecule is CCc1ccc(C(=O)N2CCN(C(=O)c3nnn4c3COC(c3ccc(OC)cc3)C4)CC2)cc1. The number of rotatable bonds is 5. The number of hydrogen-bond donors (Lipinski definition) is 0. The van der Waals surface area contributed by atoms with Gasteiger partial charge in [-0.05, 0) is 41.8 Å². The first-order chi connectivity index (χ1) is 17.1. The third-order valence-electron chi connectivity index (χ3n) is 6.75. The number of amides is 2. The fraction of sp³-hybridized carbons (Fsp3) is 0.385. The Bertz CT molecular complexity index is 1200. The molecule has 35 heavy (non-hydrogen) atoms. The van der Waals surface area contributed by atoms with Crippen molar-refractivity contribution in [1.29, 1.82) is 0 Å². The minimum Gasteiger partial charge on any atom is -0.497 e. The summed E-state index contributed by atoms with van der Waals surface area (Å²) in [7, 11) is 1.63. The zero-order valence-corrected chi connectivity index (χ0v) is 20.0. The molecule has 1 atom stereocenters. The van der Waals surface area contributed by atoms with Crippen LogP contribution in [0.2, 0.25) is 0 Å². The Morgan fingerprint density at radius 3 is 2.26 bits per heavy atom. The van der Waals surface area contributed by atoms with Gasteiger partial charge in [-0.15, -0.1) is 5.10 Å². The van der Waals surface area contributed by atoms with E-state index in [1.54, 1.807) is 21.6 Å². The number of fused-ring (bicyclic) bond motifs is 1. The number of aryl methyl sites for hydroxylation is 1. The van der Waals surface area contributed by atoms with Crippen molar-refractivity contribution in [3.05, 3.63) is 76.6 Å². The molecule has 182 valence electrons. The smallest absolute Gasteiger partial charge is 0.276 e. The zero-order valence-electron chi connectivity index (χ0n) is 20.0. The van der Waals surface area contributed by atoms with Gasteiger partial charge in [0.05, 0.1) is 26.0 Å². The molecule has 0 bridgehead atoms. The van der Waals surface area contributed by atoms with Crippen LogP contribution in [0.1, 0.15) is 50.7 Å². The van der Waals surface area contributed by atoms with E-state index in [1.807, 2.05) is 48.5 Å². The Balaban J connectivity index is 1.20. The van der Waals surface area contributed by atoms with Crippen LogP contribution < -0.4 is 4.74 Å². The first kappa shape index (κ1) is 23.0. The standard InChI is InChI=1S/C26H29N5O4/c1-3-18-4-6-20(7-5-18)25(32)29-12-14-30(15-13-29)26(33)24-22-17-35-23(16-31(22)28-27-24)19-8-10-21(34-2)11-9-19/h4-11,23H,3,12-17H2,1-2H3. The molecular weight excluding hydrogens is 446 g/mol. The second-order valence-corrected chi connectivity index (χ2v) is 8.77. The van der Waals surface area contributed by atoms with Gasteiger partial charge >= 0.3 is 0 Å². The normalized spacial score (nSPS) is 17.7. The molecule has 3 aromatic rings. The summed E-state index contributed by atoms with van der Waals surface area (Å²) >= 11 is 0. The number of aromatic nitrogens is 3. The van der Waals surface area contributed by atoms with Crippen LogP contribution in [0.25, 0.3) is 0 Å². The molecule has 5 rings (SSSR count). The van der Waals surface area contributed by atoms with Crippen LogP contribution in [-0.2, 0) is 24.3 Å². The van der Waals surface area contributed by atoms with E-state index < -0.39 is 0 Å². The van der Waals surface area contributed by atoms with Gasteiger partial charge in [0.15, 0.2) is 5.69 Å². The molecule has 3 heterocycles. The summed E-state index contributed by atoms with van der Waals surface area (Å²) in [6.45, 7) is 4.72. The van der Waals surface area contributed by atoms with Gasteiger partial charge in [-0.2, -0.15) is 0 Å². The Morgan fingerprint density at radius 1 is 0.971 bits per heavy atom. The molecule has 2 aromatic carbocycles. The molecule has 1 saturated heterocycles. The van der Waals surface area contributed by atoms with Gasteiger partial charge in [0, 0.05) is 31.7 Å². The van der Waals surface area contributed by atoms with E-state index in [4.69, 9.17) is 9.47 Å². The van der Waals surface area contributed by atoms with Gasteiger partial charge in [0.2, 0.25) is 0 Å². The Labute approximate surface area is 204 Å². The summed E-state index contributed by atoms with van der Waals surface area (Å²) in [6, 6.07) is 15.5. The van der Waals surface area contributed by atoms with E-state index in [9.17, 15) is 9.59 Å². The van der Waals surface area contributed by atoms with E-state index in [2.05, 4.69) is 17.2 Å². The van der Waals surface area contributed by atoms with Crippen LogP contribution in [0.3, 0.4) is 0 Å². The van der Waals surface area contributed by atoms with Gasteiger partial charge < -0.3 is 19.3 Å². The van der Waals surface area contributed by atoms with E-state index >= 15 is 0 Å². The lowest BCUT2D eigenvalue weighted by molar-refractivity contribution is -0.00204. The molecule has 2 amide bonds. The van der Waals surface area contributed by atoms with Crippen molar-refractivity contribution in [2.75, 3.05) is 33.3 Å².